The van der Waals surface area contributed by atoms with Crippen molar-refractivity contribution < 1.29 is 27.8 Å². The number of amides is 2. The van der Waals surface area contributed by atoms with E-state index in [-0.39, 0.29) is 24.2 Å². The summed E-state index contributed by atoms with van der Waals surface area (Å²) >= 11 is 0. The third-order valence-electron chi connectivity index (χ3n) is 3.86. The largest absolute Gasteiger partial charge is 0.444 e. The molecule has 0 spiro atoms. The lowest BCUT2D eigenvalue weighted by Gasteiger charge is -2.13. The van der Waals surface area contributed by atoms with Gasteiger partial charge in [0.2, 0.25) is 0 Å². The molecule has 0 saturated carbocycles. The second-order valence-electron chi connectivity index (χ2n) is 6.60. The molecule has 10 nitrogen and oxygen atoms in total. The van der Waals surface area contributed by atoms with Crippen molar-refractivity contribution in [1.82, 2.24) is 15.5 Å². The van der Waals surface area contributed by atoms with Gasteiger partial charge in [0.1, 0.15) is 17.9 Å². The number of nitrogens with zero attached hydrogens (tertiary/aromatic N) is 2. The van der Waals surface area contributed by atoms with E-state index in [0.717, 1.165) is 6.08 Å². The van der Waals surface area contributed by atoms with Gasteiger partial charge in [-0.2, -0.15) is 5.10 Å². The number of aliphatic imine (C=N–C) groups is 1. The molecular formula is C17H24F2N6O4. The molecule has 2 atom stereocenters. The fraction of sp³-hybridized carbons (Fsp3) is 0.529. The van der Waals surface area contributed by atoms with Crippen molar-refractivity contribution in [2.75, 3.05) is 19.0 Å². The number of ether oxygens (including phenoxy) is 2. The molecule has 1 fully saturated rings. The number of aromatic nitrogens is 2. The molecule has 1 aromatic rings. The average Bonchev–Trinajstić information content (AvgIpc) is 3.27. The summed E-state index contributed by atoms with van der Waals surface area (Å²) in [7, 11) is 1.28. The van der Waals surface area contributed by atoms with Gasteiger partial charge in [0, 0.05) is 25.6 Å². The Morgan fingerprint density at radius 3 is 2.83 bits per heavy atom. The molecule has 0 bridgehead atoms. The summed E-state index contributed by atoms with van der Waals surface area (Å²) in [6, 6.07) is 1.49. The molecule has 5 N–H and O–H groups in total. The fourth-order valence-electron chi connectivity index (χ4n) is 2.52. The van der Waals surface area contributed by atoms with Crippen LogP contribution in [-0.2, 0) is 14.3 Å². The first-order valence-electron chi connectivity index (χ1n) is 8.87. The molecule has 0 radical (unpaired) electrons. The number of carbonyl (C=O) groups is 2. The van der Waals surface area contributed by atoms with Gasteiger partial charge >= 0.3 is 6.09 Å². The molecule has 1 saturated heterocycles. The molecular weight excluding hydrogens is 390 g/mol. The average molecular weight is 414 g/mol. The van der Waals surface area contributed by atoms with Crippen molar-refractivity contribution in [2.24, 2.45) is 10.7 Å². The summed E-state index contributed by atoms with van der Waals surface area (Å²) < 4.78 is 35.9. The first kappa shape index (κ1) is 22.3. The number of nitrogens with one attached hydrogen (secondary N) is 3. The third kappa shape index (κ3) is 6.52. The van der Waals surface area contributed by atoms with Crippen LogP contribution in [0.4, 0.5) is 19.4 Å². The summed E-state index contributed by atoms with van der Waals surface area (Å²) in [4.78, 5) is 27.5. The molecule has 1 aliphatic rings. The number of rotatable bonds is 7. The molecule has 1 aliphatic heterocycles. The van der Waals surface area contributed by atoms with Crippen molar-refractivity contribution in [1.29, 1.82) is 0 Å². The van der Waals surface area contributed by atoms with Gasteiger partial charge < -0.3 is 25.8 Å². The van der Waals surface area contributed by atoms with E-state index in [1.165, 1.54) is 13.1 Å². The van der Waals surface area contributed by atoms with Crippen LogP contribution in [0.25, 0.3) is 0 Å². The number of carbonyl (C=O) groups excluding carboxylic acids is 2. The molecule has 160 valence electrons. The lowest BCUT2D eigenvalue weighted by atomic mass is 10.1. The number of aromatic amines is 1. The number of hydrogen-bond acceptors (Lipinski definition) is 7. The molecule has 1 aromatic heterocycles. The van der Waals surface area contributed by atoms with Gasteiger partial charge in [-0.15, -0.1) is 0 Å². The third-order valence-corrected chi connectivity index (χ3v) is 3.86. The fourth-order valence-corrected chi connectivity index (χ4v) is 2.52. The van der Waals surface area contributed by atoms with E-state index < -0.39 is 36.3 Å². The van der Waals surface area contributed by atoms with Crippen molar-refractivity contribution in [3.8, 4) is 0 Å². The molecule has 0 aromatic carbocycles. The molecule has 2 amide bonds. The second-order valence-corrected chi connectivity index (χ2v) is 6.60. The molecule has 0 unspecified atom stereocenters. The van der Waals surface area contributed by atoms with Gasteiger partial charge in [-0.3, -0.25) is 14.9 Å². The van der Waals surface area contributed by atoms with Crippen LogP contribution in [0.2, 0.25) is 0 Å². The first-order valence-corrected chi connectivity index (χ1v) is 8.87. The van der Waals surface area contributed by atoms with Gasteiger partial charge in [-0.1, -0.05) is 0 Å². The Hall–Kier alpha value is -3.02. The smallest absolute Gasteiger partial charge is 0.407 e. The van der Waals surface area contributed by atoms with E-state index in [4.69, 9.17) is 15.2 Å². The van der Waals surface area contributed by atoms with Crippen molar-refractivity contribution in [2.45, 2.75) is 44.9 Å². The number of allylic oxidation sites excluding steroid dienone is 1. The Kier molecular flexibility index (Phi) is 7.65. The van der Waals surface area contributed by atoms with E-state index in [9.17, 15) is 18.4 Å². The van der Waals surface area contributed by atoms with Crippen LogP contribution in [-0.4, -0.2) is 60.1 Å². The quantitative estimate of drug-likeness (QED) is 0.498. The highest BCUT2D eigenvalue weighted by molar-refractivity contribution is 6.47. The van der Waals surface area contributed by atoms with Crippen molar-refractivity contribution >= 4 is 23.5 Å². The minimum Gasteiger partial charge on any atom is -0.444 e. The zero-order valence-corrected chi connectivity index (χ0v) is 16.2. The standard InChI is InChI=1S/C17H24F2N6O4/c1-8(2)22-17(27)29-9-4-13(28-7-9)11-6-14(25-24-11)23-16(26)12(21-3)5-10(20)15(18)19/h5-6,8-9,13,15H,4,7,20H2,1-3H3,(H,22,27)(H2,23,24,25,26)/t9-,13-/m1/s1. The molecule has 2 heterocycles. The Labute approximate surface area is 165 Å². The van der Waals surface area contributed by atoms with E-state index in [0.29, 0.717) is 12.1 Å². The van der Waals surface area contributed by atoms with E-state index in [1.54, 1.807) is 0 Å². The summed E-state index contributed by atoms with van der Waals surface area (Å²) in [6.45, 7) is 3.87. The summed E-state index contributed by atoms with van der Waals surface area (Å²) in [5.74, 6) is -0.589. The lowest BCUT2D eigenvalue weighted by molar-refractivity contribution is -0.110. The Balaban J connectivity index is 1.93. The van der Waals surface area contributed by atoms with Gasteiger partial charge in [-0.05, 0) is 19.9 Å². The maximum Gasteiger partial charge on any atom is 0.407 e. The number of anilines is 1. The minimum absolute atomic E-state index is 0.0400. The maximum atomic E-state index is 12.5. The molecule has 2 rings (SSSR count). The Morgan fingerprint density at radius 2 is 2.21 bits per heavy atom. The summed E-state index contributed by atoms with van der Waals surface area (Å²) in [6.07, 6.45) is -3.02. The number of halogens is 2. The number of H-pyrrole nitrogens is 1. The van der Waals surface area contributed by atoms with E-state index in [1.807, 2.05) is 13.8 Å². The van der Waals surface area contributed by atoms with Gasteiger partial charge in [0.25, 0.3) is 12.3 Å². The van der Waals surface area contributed by atoms with Crippen LogP contribution < -0.4 is 16.4 Å². The normalized spacial score (nSPS) is 20.2. The zero-order chi connectivity index (χ0) is 21.6. The highest BCUT2D eigenvalue weighted by atomic mass is 19.3. The summed E-state index contributed by atoms with van der Waals surface area (Å²) in [5, 5.41) is 11.7. The SMILES string of the molecule is CN=C(C=C(N)C(F)F)C(=O)Nc1cc([C@H]2C[C@@H](OC(=O)NC(C)C)CO2)[nH]n1. The highest BCUT2D eigenvalue weighted by Gasteiger charge is 2.31. The highest BCUT2D eigenvalue weighted by Crippen LogP contribution is 2.30. The second kappa shape index (κ2) is 9.96. The first-order chi connectivity index (χ1) is 13.7. The predicted octanol–water partition coefficient (Wildman–Crippen LogP) is 1.49. The van der Waals surface area contributed by atoms with Crippen LogP contribution in [0.5, 0.6) is 0 Å². The predicted molar refractivity (Wildman–Crippen MR) is 101 cm³/mol. The number of hydrogen-bond donors (Lipinski definition) is 4. The lowest BCUT2D eigenvalue weighted by Crippen LogP contribution is -2.33. The minimum atomic E-state index is -2.89. The summed E-state index contributed by atoms with van der Waals surface area (Å²) in [5.41, 5.74) is 4.68. The van der Waals surface area contributed by atoms with Gasteiger partial charge in [-0.25, -0.2) is 13.6 Å². The Morgan fingerprint density at radius 1 is 1.48 bits per heavy atom. The Bertz CT molecular complexity index is 793. The van der Waals surface area contributed by atoms with Gasteiger partial charge in [0.15, 0.2) is 5.82 Å². The van der Waals surface area contributed by atoms with Crippen molar-refractivity contribution in [3.05, 3.63) is 23.5 Å². The van der Waals surface area contributed by atoms with E-state index >= 15 is 0 Å². The van der Waals surface area contributed by atoms with E-state index in [2.05, 4.69) is 25.8 Å². The molecule has 12 heteroatoms. The molecule has 29 heavy (non-hydrogen) atoms. The topological polar surface area (TPSA) is 144 Å². The van der Waals surface area contributed by atoms with Crippen molar-refractivity contribution in [3.63, 3.8) is 0 Å². The monoisotopic (exact) mass is 414 g/mol. The maximum absolute atomic E-state index is 12.5. The number of alkyl carbamates (subject to hydrolysis) is 1. The van der Waals surface area contributed by atoms with Gasteiger partial charge in [0.05, 0.1) is 18.0 Å². The zero-order valence-electron chi connectivity index (χ0n) is 16.2. The van der Waals surface area contributed by atoms with Crippen LogP contribution in [0.3, 0.4) is 0 Å². The van der Waals surface area contributed by atoms with Crippen LogP contribution in [0.1, 0.15) is 32.1 Å². The van der Waals surface area contributed by atoms with Crippen LogP contribution in [0.15, 0.2) is 22.8 Å². The number of nitrogens with two attached hydrogens (primary N) is 1. The number of alkyl halides is 2. The van der Waals surface area contributed by atoms with Crippen LogP contribution in [0, 0.1) is 0 Å². The molecule has 0 aliphatic carbocycles. The van der Waals surface area contributed by atoms with Crippen LogP contribution >= 0.6 is 0 Å².